The molecule has 2 heterocycles. The van der Waals surface area contributed by atoms with Crippen LogP contribution >= 0.6 is 11.6 Å². The summed E-state index contributed by atoms with van der Waals surface area (Å²) < 4.78 is 22.9. The molecular formula is C27H22ClNO5. The molecule has 0 saturated carbocycles. The summed E-state index contributed by atoms with van der Waals surface area (Å²) in [6.07, 6.45) is -0.500. The highest BCUT2D eigenvalue weighted by Crippen LogP contribution is 2.40. The Kier molecular flexibility index (Phi) is 6.34. The molecule has 0 spiro atoms. The van der Waals surface area contributed by atoms with E-state index in [-0.39, 0.29) is 6.61 Å². The van der Waals surface area contributed by atoms with Crippen LogP contribution in [0.5, 0.6) is 11.5 Å². The summed E-state index contributed by atoms with van der Waals surface area (Å²) in [6, 6.07) is 23.0. The molecule has 6 nitrogen and oxygen atoms in total. The van der Waals surface area contributed by atoms with Crippen molar-refractivity contribution in [3.05, 3.63) is 100 Å². The summed E-state index contributed by atoms with van der Waals surface area (Å²) in [7, 11) is 1.34. The van der Waals surface area contributed by atoms with Crippen molar-refractivity contribution in [1.29, 1.82) is 0 Å². The average molecular weight is 476 g/mol. The summed E-state index contributed by atoms with van der Waals surface area (Å²) in [5, 5.41) is 1.65. The van der Waals surface area contributed by atoms with E-state index in [0.717, 1.165) is 33.3 Å². The number of nitrogens with zero attached hydrogens (tertiary/aromatic N) is 1. The SMILES string of the molecule is COC(=O)COC1c2ccccc2COc2ccc(OCc3ccc4cc(Cl)ccc4n3)cc21. The number of aromatic nitrogens is 1. The summed E-state index contributed by atoms with van der Waals surface area (Å²) >= 11 is 6.06. The first-order valence-electron chi connectivity index (χ1n) is 10.8. The molecule has 3 aromatic carbocycles. The van der Waals surface area contributed by atoms with Crippen molar-refractivity contribution >= 4 is 28.5 Å². The van der Waals surface area contributed by atoms with Gasteiger partial charge in [0.15, 0.2) is 0 Å². The normalized spacial score (nSPS) is 14.5. The number of esters is 1. The molecule has 0 radical (unpaired) electrons. The van der Waals surface area contributed by atoms with Gasteiger partial charge in [-0.3, -0.25) is 0 Å². The van der Waals surface area contributed by atoms with Crippen LogP contribution in [0.25, 0.3) is 10.9 Å². The summed E-state index contributed by atoms with van der Waals surface area (Å²) in [4.78, 5) is 16.4. The Balaban J connectivity index is 1.41. The van der Waals surface area contributed by atoms with Gasteiger partial charge >= 0.3 is 5.97 Å². The second-order valence-electron chi connectivity index (χ2n) is 7.88. The molecule has 34 heavy (non-hydrogen) atoms. The van der Waals surface area contributed by atoms with Gasteiger partial charge in [-0.2, -0.15) is 0 Å². The number of pyridine rings is 1. The fourth-order valence-electron chi connectivity index (χ4n) is 3.96. The third-order valence-corrected chi connectivity index (χ3v) is 5.91. The van der Waals surface area contributed by atoms with Gasteiger partial charge in [0.25, 0.3) is 0 Å². The van der Waals surface area contributed by atoms with E-state index < -0.39 is 12.1 Å². The second kappa shape index (κ2) is 9.71. The molecule has 0 bridgehead atoms. The van der Waals surface area contributed by atoms with Crippen LogP contribution in [0.2, 0.25) is 5.02 Å². The van der Waals surface area contributed by atoms with Crippen LogP contribution in [0.15, 0.2) is 72.8 Å². The van der Waals surface area contributed by atoms with E-state index in [1.165, 1.54) is 7.11 Å². The Hall–Kier alpha value is -3.61. The van der Waals surface area contributed by atoms with E-state index in [9.17, 15) is 4.79 Å². The van der Waals surface area contributed by atoms with Crippen LogP contribution in [0.3, 0.4) is 0 Å². The Bertz CT molecular complexity index is 1360. The predicted octanol–water partition coefficient (Wildman–Crippen LogP) is 5.64. The molecule has 1 unspecified atom stereocenters. The van der Waals surface area contributed by atoms with Gasteiger partial charge in [-0.1, -0.05) is 41.9 Å². The van der Waals surface area contributed by atoms with E-state index in [2.05, 4.69) is 4.98 Å². The number of carbonyl (C=O) groups excluding carboxylic acids is 1. The topological polar surface area (TPSA) is 66.9 Å². The standard InChI is InChI=1S/C27H22ClNO5/c1-31-26(30)16-34-27-22-5-3-2-4-18(22)14-33-25-11-9-21(13-23(25)27)32-15-20-8-6-17-12-19(28)7-10-24(17)29-20/h2-13,27H,14-16H2,1H3. The smallest absolute Gasteiger partial charge is 0.331 e. The molecule has 4 aromatic rings. The first-order valence-corrected chi connectivity index (χ1v) is 11.2. The molecule has 0 fully saturated rings. The van der Waals surface area contributed by atoms with Crippen molar-refractivity contribution in [2.45, 2.75) is 19.3 Å². The Morgan fingerprint density at radius 3 is 2.82 bits per heavy atom. The number of fused-ring (bicyclic) bond motifs is 3. The zero-order chi connectivity index (χ0) is 23.5. The van der Waals surface area contributed by atoms with Crippen LogP contribution in [0.1, 0.15) is 28.5 Å². The van der Waals surface area contributed by atoms with Gasteiger partial charge in [0.05, 0.1) is 18.3 Å². The quantitative estimate of drug-likeness (QED) is 0.336. The second-order valence-corrected chi connectivity index (χ2v) is 8.32. The minimum Gasteiger partial charge on any atom is -0.488 e. The molecule has 5 rings (SSSR count). The first kappa shape index (κ1) is 22.2. The Labute approximate surface area is 202 Å². The minimum absolute atomic E-state index is 0.176. The van der Waals surface area contributed by atoms with E-state index in [1.54, 1.807) is 0 Å². The Morgan fingerprint density at radius 2 is 1.94 bits per heavy atom. The van der Waals surface area contributed by atoms with Crippen LogP contribution in [0.4, 0.5) is 0 Å². The van der Waals surface area contributed by atoms with Gasteiger partial charge < -0.3 is 18.9 Å². The maximum absolute atomic E-state index is 11.8. The van der Waals surface area contributed by atoms with Gasteiger partial charge in [-0.15, -0.1) is 0 Å². The molecule has 1 atom stereocenters. The van der Waals surface area contributed by atoms with Crippen LogP contribution in [-0.4, -0.2) is 24.7 Å². The highest BCUT2D eigenvalue weighted by molar-refractivity contribution is 6.31. The number of hydrogen-bond acceptors (Lipinski definition) is 6. The van der Waals surface area contributed by atoms with Crippen LogP contribution in [0, 0.1) is 0 Å². The van der Waals surface area contributed by atoms with Gasteiger partial charge in [0.1, 0.15) is 37.4 Å². The molecule has 7 heteroatoms. The first-order chi connectivity index (χ1) is 16.6. The number of halogens is 1. The van der Waals surface area contributed by atoms with Crippen molar-refractivity contribution in [2.24, 2.45) is 0 Å². The molecule has 0 N–H and O–H groups in total. The third-order valence-electron chi connectivity index (χ3n) is 5.68. The molecule has 0 amide bonds. The van der Waals surface area contributed by atoms with Gasteiger partial charge in [-0.25, -0.2) is 9.78 Å². The largest absolute Gasteiger partial charge is 0.488 e. The van der Waals surface area contributed by atoms with Crippen molar-refractivity contribution in [2.75, 3.05) is 13.7 Å². The highest BCUT2D eigenvalue weighted by Gasteiger charge is 2.27. The van der Waals surface area contributed by atoms with Crippen LogP contribution < -0.4 is 9.47 Å². The highest BCUT2D eigenvalue weighted by atomic mass is 35.5. The lowest BCUT2D eigenvalue weighted by Gasteiger charge is -2.20. The van der Waals surface area contributed by atoms with E-state index in [4.69, 9.17) is 30.5 Å². The van der Waals surface area contributed by atoms with E-state index >= 15 is 0 Å². The zero-order valence-corrected chi connectivity index (χ0v) is 19.2. The number of carbonyl (C=O) groups is 1. The molecule has 172 valence electrons. The van der Waals surface area contributed by atoms with Crippen LogP contribution in [-0.2, 0) is 27.5 Å². The lowest BCUT2D eigenvalue weighted by Crippen LogP contribution is -2.15. The fourth-order valence-corrected chi connectivity index (χ4v) is 4.14. The third kappa shape index (κ3) is 4.69. The van der Waals surface area contributed by atoms with Crippen molar-refractivity contribution in [3.8, 4) is 11.5 Å². The minimum atomic E-state index is -0.500. The number of benzene rings is 3. The number of rotatable bonds is 6. The lowest BCUT2D eigenvalue weighted by molar-refractivity contribution is -0.147. The maximum atomic E-state index is 11.8. The molecule has 0 saturated heterocycles. The summed E-state index contributed by atoms with van der Waals surface area (Å²) in [6.45, 7) is 0.528. The Morgan fingerprint density at radius 1 is 1.06 bits per heavy atom. The molecule has 1 aliphatic heterocycles. The fraction of sp³-hybridized carbons (Fsp3) is 0.185. The van der Waals surface area contributed by atoms with E-state index in [0.29, 0.717) is 29.7 Å². The molecule has 1 aliphatic rings. The maximum Gasteiger partial charge on any atom is 0.331 e. The summed E-state index contributed by atoms with van der Waals surface area (Å²) in [5.74, 6) is 0.880. The van der Waals surface area contributed by atoms with Gasteiger partial charge in [0.2, 0.25) is 0 Å². The molecule has 1 aromatic heterocycles. The monoisotopic (exact) mass is 475 g/mol. The van der Waals surface area contributed by atoms with Gasteiger partial charge in [0, 0.05) is 16.0 Å². The number of hydrogen-bond donors (Lipinski definition) is 0. The number of ether oxygens (including phenoxy) is 4. The van der Waals surface area contributed by atoms with Crippen molar-refractivity contribution in [3.63, 3.8) is 0 Å². The number of methoxy groups -OCH3 is 1. The zero-order valence-electron chi connectivity index (χ0n) is 18.5. The lowest BCUT2D eigenvalue weighted by atomic mass is 9.97. The average Bonchev–Trinajstić information content (AvgIpc) is 3.02. The van der Waals surface area contributed by atoms with Crippen molar-refractivity contribution < 1.29 is 23.7 Å². The van der Waals surface area contributed by atoms with Gasteiger partial charge in [-0.05, 0) is 53.6 Å². The van der Waals surface area contributed by atoms with Crippen molar-refractivity contribution in [1.82, 2.24) is 4.98 Å². The van der Waals surface area contributed by atoms with E-state index in [1.807, 2.05) is 72.8 Å². The molecule has 0 aliphatic carbocycles. The summed E-state index contributed by atoms with van der Waals surface area (Å²) in [5.41, 5.74) is 4.37. The molecular weight excluding hydrogens is 454 g/mol. The predicted molar refractivity (Wildman–Crippen MR) is 128 cm³/mol.